The second-order valence-corrected chi connectivity index (χ2v) is 6.95. The number of aromatic nitrogens is 4. The molecule has 0 radical (unpaired) electrons. The van der Waals surface area contributed by atoms with Crippen molar-refractivity contribution in [3.63, 3.8) is 0 Å². The van der Waals surface area contributed by atoms with Crippen LogP contribution in [0.4, 0.5) is 0 Å². The molecule has 1 aliphatic heterocycles. The van der Waals surface area contributed by atoms with E-state index in [1.54, 1.807) is 10.7 Å². The van der Waals surface area contributed by atoms with Crippen LogP contribution in [0.3, 0.4) is 0 Å². The number of fused-ring (bicyclic) bond motifs is 1. The maximum absolute atomic E-state index is 12.2. The summed E-state index contributed by atoms with van der Waals surface area (Å²) in [7, 11) is 0. The number of hydrogen-bond donors (Lipinski definition) is 0. The summed E-state index contributed by atoms with van der Waals surface area (Å²) < 4.78 is 6.88. The molecule has 24 heavy (non-hydrogen) atoms. The Kier molecular flexibility index (Phi) is 4.18. The summed E-state index contributed by atoms with van der Waals surface area (Å²) in [5.41, 5.74) is 2.33. The van der Waals surface area contributed by atoms with Crippen molar-refractivity contribution in [2.45, 2.75) is 52.1 Å². The lowest BCUT2D eigenvalue weighted by atomic mass is 9.97. The molecule has 1 saturated heterocycles. The molecule has 2 aromatic rings. The molecular formula is C17H23N5O2. The van der Waals surface area contributed by atoms with Gasteiger partial charge in [-0.1, -0.05) is 5.16 Å². The number of nitrogens with zero attached hydrogens (tertiary/aromatic N) is 5. The van der Waals surface area contributed by atoms with Crippen molar-refractivity contribution in [2.75, 3.05) is 13.1 Å². The van der Waals surface area contributed by atoms with Crippen molar-refractivity contribution in [2.24, 2.45) is 5.92 Å². The minimum atomic E-state index is 0.0550. The van der Waals surface area contributed by atoms with Crippen LogP contribution in [0, 0.1) is 12.8 Å². The minimum Gasteiger partial charge on any atom is -0.338 e. The average Bonchev–Trinajstić information content (AvgIpc) is 3.18. The summed E-state index contributed by atoms with van der Waals surface area (Å²) in [5, 5.41) is 8.43. The van der Waals surface area contributed by atoms with E-state index in [2.05, 4.69) is 20.1 Å². The first kappa shape index (κ1) is 15.5. The largest absolute Gasteiger partial charge is 0.338 e. The minimum absolute atomic E-state index is 0.0550. The first-order valence-electron chi connectivity index (χ1n) is 8.79. The molecule has 2 aliphatic rings. The molecule has 1 fully saturated rings. The molecule has 0 unspecified atom stereocenters. The zero-order valence-electron chi connectivity index (χ0n) is 14.1. The topological polar surface area (TPSA) is 77.0 Å². The summed E-state index contributed by atoms with van der Waals surface area (Å²) in [5.74, 6) is 1.87. The predicted octanol–water partition coefficient (Wildman–Crippen LogP) is 1.34. The summed E-state index contributed by atoms with van der Waals surface area (Å²) in [4.78, 5) is 18.8. The molecule has 128 valence electrons. The monoisotopic (exact) mass is 329 g/mol. The van der Waals surface area contributed by atoms with Crippen molar-refractivity contribution in [1.29, 1.82) is 0 Å². The van der Waals surface area contributed by atoms with E-state index in [1.807, 2.05) is 6.92 Å². The Morgan fingerprint density at radius 1 is 1.29 bits per heavy atom. The van der Waals surface area contributed by atoms with E-state index in [1.165, 1.54) is 0 Å². The fraction of sp³-hybridized carbons (Fsp3) is 0.647. The molecule has 0 atom stereocenters. The van der Waals surface area contributed by atoms with E-state index < -0.39 is 0 Å². The Bertz CT molecular complexity index is 774. The number of likely N-dealkylation sites (tertiary alicyclic amines) is 1. The number of piperidine rings is 1. The zero-order valence-corrected chi connectivity index (χ0v) is 14.1. The van der Waals surface area contributed by atoms with Gasteiger partial charge in [-0.2, -0.15) is 10.1 Å². The van der Waals surface area contributed by atoms with Crippen LogP contribution in [0.2, 0.25) is 0 Å². The quantitative estimate of drug-likeness (QED) is 0.842. The predicted molar refractivity (Wildman–Crippen MR) is 87.6 cm³/mol. The maximum atomic E-state index is 12.2. The lowest BCUT2D eigenvalue weighted by Crippen LogP contribution is -2.36. The maximum Gasteiger partial charge on any atom is 0.267 e. The number of aryl methyl sites for hydroxylation is 3. The van der Waals surface area contributed by atoms with Gasteiger partial charge in [-0.25, -0.2) is 4.68 Å². The van der Waals surface area contributed by atoms with Gasteiger partial charge < -0.3 is 4.52 Å². The summed E-state index contributed by atoms with van der Waals surface area (Å²) in [6.45, 7) is 5.27. The highest BCUT2D eigenvalue weighted by Crippen LogP contribution is 2.21. The molecule has 3 heterocycles. The van der Waals surface area contributed by atoms with E-state index >= 15 is 0 Å². The fourth-order valence-electron chi connectivity index (χ4n) is 3.74. The van der Waals surface area contributed by atoms with E-state index in [-0.39, 0.29) is 5.56 Å². The van der Waals surface area contributed by atoms with Gasteiger partial charge >= 0.3 is 0 Å². The van der Waals surface area contributed by atoms with E-state index in [0.29, 0.717) is 24.2 Å². The SMILES string of the molecule is Cc1noc(CN2CCC(Cn3nc4c(cc3=O)CCC4)CC2)n1. The van der Waals surface area contributed by atoms with E-state index in [9.17, 15) is 4.79 Å². The Labute approximate surface area is 140 Å². The van der Waals surface area contributed by atoms with Gasteiger partial charge in [0.05, 0.1) is 12.2 Å². The zero-order chi connectivity index (χ0) is 16.5. The molecule has 0 amide bonds. The molecule has 2 aromatic heterocycles. The first-order chi connectivity index (χ1) is 11.7. The molecule has 0 saturated carbocycles. The van der Waals surface area contributed by atoms with Gasteiger partial charge in [0.15, 0.2) is 5.82 Å². The number of rotatable bonds is 4. The average molecular weight is 329 g/mol. The van der Waals surface area contributed by atoms with Crippen molar-refractivity contribution >= 4 is 0 Å². The molecule has 0 N–H and O–H groups in total. The molecule has 0 bridgehead atoms. The van der Waals surface area contributed by atoms with Gasteiger partial charge in [-0.05, 0) is 63.6 Å². The molecule has 0 aromatic carbocycles. The number of hydrogen-bond acceptors (Lipinski definition) is 6. The van der Waals surface area contributed by atoms with Crippen molar-refractivity contribution in [1.82, 2.24) is 24.8 Å². The third-order valence-electron chi connectivity index (χ3n) is 5.09. The Morgan fingerprint density at radius 2 is 2.12 bits per heavy atom. The molecular weight excluding hydrogens is 306 g/mol. The van der Waals surface area contributed by atoms with Crippen molar-refractivity contribution in [3.05, 3.63) is 39.4 Å². The Balaban J connectivity index is 1.34. The fourth-order valence-corrected chi connectivity index (χ4v) is 3.74. The summed E-state index contributed by atoms with van der Waals surface area (Å²) >= 11 is 0. The van der Waals surface area contributed by atoms with Gasteiger partial charge in [-0.3, -0.25) is 9.69 Å². The van der Waals surface area contributed by atoms with Crippen LogP contribution in [0.1, 0.15) is 42.2 Å². The highest BCUT2D eigenvalue weighted by atomic mass is 16.5. The third-order valence-corrected chi connectivity index (χ3v) is 5.09. The lowest BCUT2D eigenvalue weighted by molar-refractivity contribution is 0.148. The van der Waals surface area contributed by atoms with Crippen LogP contribution < -0.4 is 5.56 Å². The summed E-state index contributed by atoms with van der Waals surface area (Å²) in [6.07, 6.45) is 5.28. The van der Waals surface area contributed by atoms with Crippen LogP contribution in [-0.4, -0.2) is 37.9 Å². The Hall–Kier alpha value is -2.02. The Morgan fingerprint density at radius 3 is 2.88 bits per heavy atom. The third kappa shape index (κ3) is 3.26. The van der Waals surface area contributed by atoms with Crippen LogP contribution in [0.5, 0.6) is 0 Å². The standard InChI is InChI=1S/C17H23N5O2/c1-12-18-16(24-20-12)11-21-7-5-13(6-8-21)10-22-17(23)9-14-3-2-4-15(14)19-22/h9,13H,2-8,10-11H2,1H3. The molecule has 0 spiro atoms. The lowest BCUT2D eigenvalue weighted by Gasteiger charge is -2.30. The van der Waals surface area contributed by atoms with Gasteiger partial charge in [0.1, 0.15) is 0 Å². The van der Waals surface area contributed by atoms with Gasteiger partial charge in [0, 0.05) is 12.6 Å². The van der Waals surface area contributed by atoms with E-state index in [4.69, 9.17) is 4.52 Å². The highest BCUT2D eigenvalue weighted by Gasteiger charge is 2.22. The molecule has 4 rings (SSSR count). The molecule has 7 nitrogen and oxygen atoms in total. The normalized spacial score (nSPS) is 18.9. The van der Waals surface area contributed by atoms with Crippen molar-refractivity contribution < 1.29 is 4.52 Å². The first-order valence-corrected chi connectivity index (χ1v) is 8.79. The van der Waals surface area contributed by atoms with Gasteiger partial charge in [0.2, 0.25) is 5.89 Å². The highest BCUT2D eigenvalue weighted by molar-refractivity contribution is 5.22. The van der Waals surface area contributed by atoms with E-state index in [0.717, 1.165) is 63.0 Å². The second kappa shape index (κ2) is 6.47. The van der Waals surface area contributed by atoms with Crippen molar-refractivity contribution in [3.8, 4) is 0 Å². The van der Waals surface area contributed by atoms with Gasteiger partial charge in [0.25, 0.3) is 5.56 Å². The second-order valence-electron chi connectivity index (χ2n) is 6.95. The molecule has 7 heteroatoms. The summed E-state index contributed by atoms with van der Waals surface area (Å²) in [6, 6.07) is 1.79. The smallest absolute Gasteiger partial charge is 0.267 e. The van der Waals surface area contributed by atoms with Crippen LogP contribution in [-0.2, 0) is 25.9 Å². The molecule has 1 aliphatic carbocycles. The van der Waals surface area contributed by atoms with Crippen LogP contribution in [0.15, 0.2) is 15.4 Å². The van der Waals surface area contributed by atoms with Crippen LogP contribution >= 0.6 is 0 Å². The van der Waals surface area contributed by atoms with Crippen LogP contribution in [0.25, 0.3) is 0 Å². The van der Waals surface area contributed by atoms with Gasteiger partial charge in [-0.15, -0.1) is 0 Å².